The van der Waals surface area contributed by atoms with Crippen molar-refractivity contribution in [3.63, 3.8) is 0 Å². The molecule has 0 aliphatic heterocycles. The van der Waals surface area contributed by atoms with Crippen molar-refractivity contribution in [2.75, 3.05) is 9.80 Å². The molecule has 13 aromatic rings. The summed E-state index contributed by atoms with van der Waals surface area (Å²) in [4.78, 5) is 5.18. The van der Waals surface area contributed by atoms with Crippen LogP contribution in [-0.2, 0) is 54.1 Å². The zero-order chi connectivity index (χ0) is 71.6. The fourth-order valence-corrected chi connectivity index (χ4v) is 15.0. The summed E-state index contributed by atoms with van der Waals surface area (Å²) in [5.41, 5.74) is 27.2. The molecule has 0 bridgehead atoms. The molecule has 0 unspecified atom stereocenters. The van der Waals surface area contributed by atoms with Crippen molar-refractivity contribution < 1.29 is 0 Å². The zero-order valence-electron chi connectivity index (χ0n) is 65.6. The SMILES string of the molecule is CC(C)(C)c1cc(N(c2cc(C(C)(C)C)cc(C(C)(C)C)c2)c2ccc3c(c2)c2cc(C(C)(C)C)cc4c5cc6c(cc5n3c24)c2cc(C(C)(C)C)cc3c4cc(N(c5cc(C(C)(C)C)cc(C(C)(C)C)c5)c5cc(C(C)(C)C)cc(C(C)(C)C)c5)ccc4n6c32)cc(C(C)(C)C)c1. The monoisotopic (exact) mass is 1300 g/mol. The number of benzene rings is 9. The Morgan fingerprint density at radius 3 is 0.551 bits per heavy atom. The van der Waals surface area contributed by atoms with Crippen molar-refractivity contribution in [1.29, 1.82) is 0 Å². The van der Waals surface area contributed by atoms with E-state index < -0.39 is 0 Å². The highest BCUT2D eigenvalue weighted by atomic mass is 15.2. The highest BCUT2D eigenvalue weighted by Crippen LogP contribution is 2.52. The minimum Gasteiger partial charge on any atom is -0.310 e. The first-order valence-electron chi connectivity index (χ1n) is 36.6. The summed E-state index contributed by atoms with van der Waals surface area (Å²) in [5.74, 6) is 0. The molecule has 98 heavy (non-hydrogen) atoms. The molecular formula is C94H114N4. The largest absolute Gasteiger partial charge is 0.310 e. The summed E-state index contributed by atoms with van der Waals surface area (Å²) < 4.78 is 5.26. The average molecular weight is 1300 g/mol. The van der Waals surface area contributed by atoms with Crippen molar-refractivity contribution in [1.82, 2.24) is 8.80 Å². The van der Waals surface area contributed by atoms with Crippen LogP contribution >= 0.6 is 0 Å². The van der Waals surface area contributed by atoms with Crippen molar-refractivity contribution in [2.24, 2.45) is 0 Å². The van der Waals surface area contributed by atoms with Gasteiger partial charge in [-0.15, -0.1) is 0 Å². The van der Waals surface area contributed by atoms with E-state index in [4.69, 9.17) is 0 Å². The molecule has 0 saturated carbocycles. The van der Waals surface area contributed by atoms with E-state index in [9.17, 15) is 0 Å². The van der Waals surface area contributed by atoms with Gasteiger partial charge in [-0.3, -0.25) is 0 Å². The Labute approximate surface area is 588 Å². The van der Waals surface area contributed by atoms with Crippen LogP contribution in [0.15, 0.2) is 146 Å². The Hall–Kier alpha value is -7.82. The first-order chi connectivity index (χ1) is 44.8. The predicted molar refractivity (Wildman–Crippen MR) is 432 cm³/mol. The molecule has 0 fully saturated rings. The van der Waals surface area contributed by atoms with Crippen LogP contribution in [0.5, 0.6) is 0 Å². The van der Waals surface area contributed by atoms with E-state index in [-0.39, 0.29) is 54.1 Å². The summed E-state index contributed by atoms with van der Waals surface area (Å²) in [7, 11) is 0. The minimum absolute atomic E-state index is 0.0682. The van der Waals surface area contributed by atoms with Gasteiger partial charge in [0.05, 0.1) is 33.1 Å². The number of aromatic nitrogens is 2. The third-order valence-electron chi connectivity index (χ3n) is 21.7. The number of hydrogen-bond acceptors (Lipinski definition) is 2. The molecule has 9 aromatic carbocycles. The summed E-state index contributed by atoms with van der Waals surface area (Å²) in [5, 5.41) is 10.3. The molecule has 0 aliphatic rings. The average Bonchev–Trinajstić information content (AvgIpc) is 1.52. The van der Waals surface area contributed by atoms with Gasteiger partial charge in [0.15, 0.2) is 0 Å². The van der Waals surface area contributed by atoms with E-state index >= 15 is 0 Å². The van der Waals surface area contributed by atoms with Gasteiger partial charge in [-0.1, -0.05) is 232 Å². The molecular weight excluding hydrogens is 1190 g/mol. The molecule has 0 radical (unpaired) electrons. The van der Waals surface area contributed by atoms with E-state index in [0.29, 0.717) is 0 Å². The Kier molecular flexibility index (Phi) is 15.3. The lowest BCUT2D eigenvalue weighted by molar-refractivity contribution is 0.567. The lowest BCUT2D eigenvalue weighted by Crippen LogP contribution is -2.21. The van der Waals surface area contributed by atoms with E-state index in [2.05, 4.69) is 372 Å². The predicted octanol–water partition coefficient (Wildman–Crippen LogP) is 27.9. The van der Waals surface area contributed by atoms with Crippen LogP contribution in [0, 0.1) is 0 Å². The van der Waals surface area contributed by atoms with E-state index in [1.807, 2.05) is 0 Å². The van der Waals surface area contributed by atoms with Gasteiger partial charge < -0.3 is 18.6 Å². The van der Waals surface area contributed by atoms with Gasteiger partial charge in [0.1, 0.15) is 0 Å². The molecule has 0 saturated heterocycles. The molecule has 4 heterocycles. The Balaban J connectivity index is 1.10. The van der Waals surface area contributed by atoms with E-state index in [1.165, 1.54) is 155 Å². The van der Waals surface area contributed by atoms with Gasteiger partial charge in [0.2, 0.25) is 0 Å². The van der Waals surface area contributed by atoms with Gasteiger partial charge in [-0.05, 0) is 231 Å². The van der Waals surface area contributed by atoms with Crippen LogP contribution in [0.3, 0.4) is 0 Å². The van der Waals surface area contributed by atoms with Crippen LogP contribution in [0.1, 0.15) is 263 Å². The molecule has 0 atom stereocenters. The maximum Gasteiger partial charge on any atom is 0.0620 e. The maximum atomic E-state index is 2.63. The third-order valence-corrected chi connectivity index (χ3v) is 21.7. The van der Waals surface area contributed by atoms with Crippen molar-refractivity contribution in [2.45, 2.75) is 262 Å². The fraction of sp³-hybridized carbons (Fsp3) is 0.426. The quantitative estimate of drug-likeness (QED) is 0.165. The van der Waals surface area contributed by atoms with Crippen molar-refractivity contribution >= 4 is 110 Å². The number of rotatable bonds is 6. The Bertz CT molecular complexity index is 4730. The van der Waals surface area contributed by atoms with E-state index in [0.717, 1.165) is 11.4 Å². The number of anilines is 6. The van der Waals surface area contributed by atoms with Crippen molar-refractivity contribution in [3.8, 4) is 0 Å². The van der Waals surface area contributed by atoms with Gasteiger partial charge in [0, 0.05) is 77.2 Å². The second kappa shape index (κ2) is 21.8. The van der Waals surface area contributed by atoms with Crippen LogP contribution in [0.25, 0.3) is 76.2 Å². The molecule has 0 aliphatic carbocycles. The van der Waals surface area contributed by atoms with Gasteiger partial charge in [-0.25, -0.2) is 0 Å². The number of hydrogen-bond donors (Lipinski definition) is 0. The topological polar surface area (TPSA) is 15.3 Å². The molecule has 0 N–H and O–H groups in total. The molecule has 4 aromatic heterocycles. The van der Waals surface area contributed by atoms with E-state index in [1.54, 1.807) is 0 Å². The summed E-state index contributed by atoms with van der Waals surface area (Å²) in [6, 6.07) is 59.7. The Morgan fingerprint density at radius 1 is 0.173 bits per heavy atom. The molecule has 4 heteroatoms. The highest BCUT2D eigenvalue weighted by molar-refractivity contribution is 6.29. The molecule has 0 spiro atoms. The zero-order valence-corrected chi connectivity index (χ0v) is 65.6. The van der Waals surface area contributed by atoms with Crippen LogP contribution in [0.2, 0.25) is 0 Å². The smallest absolute Gasteiger partial charge is 0.0620 e. The Morgan fingerprint density at radius 2 is 0.357 bits per heavy atom. The molecule has 510 valence electrons. The van der Waals surface area contributed by atoms with Gasteiger partial charge >= 0.3 is 0 Å². The third kappa shape index (κ3) is 11.8. The lowest BCUT2D eigenvalue weighted by Gasteiger charge is -2.33. The second-order valence-corrected chi connectivity index (χ2v) is 40.0. The first kappa shape index (κ1) is 68.7. The minimum atomic E-state index is -0.117. The summed E-state index contributed by atoms with van der Waals surface area (Å²) in [6.45, 7) is 70.9. The summed E-state index contributed by atoms with van der Waals surface area (Å²) >= 11 is 0. The number of nitrogens with zero attached hydrogens (tertiary/aromatic N) is 4. The fourth-order valence-electron chi connectivity index (χ4n) is 15.0. The van der Waals surface area contributed by atoms with Gasteiger partial charge in [0.25, 0.3) is 0 Å². The van der Waals surface area contributed by atoms with Crippen LogP contribution in [0.4, 0.5) is 34.1 Å². The van der Waals surface area contributed by atoms with Crippen LogP contribution < -0.4 is 9.80 Å². The second-order valence-electron chi connectivity index (χ2n) is 40.0. The lowest BCUT2D eigenvalue weighted by atomic mass is 9.79. The molecule has 4 nitrogen and oxygen atoms in total. The number of fused-ring (bicyclic) bond motifs is 12. The van der Waals surface area contributed by atoms with Crippen molar-refractivity contribution in [3.05, 3.63) is 201 Å². The maximum absolute atomic E-state index is 2.63. The first-order valence-corrected chi connectivity index (χ1v) is 36.6. The molecule has 13 rings (SSSR count). The van der Waals surface area contributed by atoms with Crippen LogP contribution in [-0.4, -0.2) is 8.80 Å². The highest BCUT2D eigenvalue weighted by Gasteiger charge is 2.33. The summed E-state index contributed by atoms with van der Waals surface area (Å²) in [6.07, 6.45) is 0. The molecule has 0 amide bonds. The standard InChI is InChI=1S/C94H114N4/c1-85(2,3)55-35-56(86(4,5)6)40-67(39-55)95(68-41-57(87(7,8)9)36-58(42-68)88(10,11)12)65-31-33-79-71(51-65)75-47-63(93(25,26)27)49-77-73-54-82-74(53-81(73)97(79)83(75)77)78-50-64(94(28,29)30)48-76-72-52-66(32-34-80(72)98(82)84(76)78)96(69-43-59(89(13,14)15)37-60(44-69)90(16,17)18)70-45-61(91(19,20)21)38-62(46-70)92(22,23)24/h31-54H,1-30H3. The van der Waals surface area contributed by atoms with Gasteiger partial charge in [-0.2, -0.15) is 0 Å². The normalized spacial score (nSPS) is 14.0.